The molecule has 1 unspecified atom stereocenters. The maximum absolute atomic E-state index is 12.5. The number of anilines is 1. The van der Waals surface area contributed by atoms with Crippen LogP contribution < -0.4 is 5.73 Å². The highest BCUT2D eigenvalue weighted by Gasteiger charge is 2.42. The van der Waals surface area contributed by atoms with Crippen LogP contribution >= 0.6 is 0 Å². The van der Waals surface area contributed by atoms with Gasteiger partial charge in [0, 0.05) is 5.69 Å². The Balaban J connectivity index is 1.74. The quantitative estimate of drug-likeness (QED) is 0.622. The number of carbonyl (C=O) groups excluding carboxylic acids is 2. The summed E-state index contributed by atoms with van der Waals surface area (Å²) in [7, 11) is 0. The number of nitrogens with two attached hydrogens (primary N) is 1. The van der Waals surface area contributed by atoms with E-state index in [2.05, 4.69) is 0 Å². The Morgan fingerprint density at radius 3 is 2.12 bits per heavy atom. The third-order valence-electron chi connectivity index (χ3n) is 4.40. The van der Waals surface area contributed by atoms with E-state index >= 15 is 0 Å². The van der Waals surface area contributed by atoms with Crippen LogP contribution in [0.3, 0.4) is 0 Å². The summed E-state index contributed by atoms with van der Waals surface area (Å²) >= 11 is 0. The van der Waals surface area contributed by atoms with Crippen LogP contribution in [0.2, 0.25) is 0 Å². The molecule has 0 bridgehead atoms. The van der Waals surface area contributed by atoms with Gasteiger partial charge in [-0.2, -0.15) is 0 Å². The van der Waals surface area contributed by atoms with Gasteiger partial charge in [0.25, 0.3) is 11.8 Å². The molecular formula is C19H18N2O4. The van der Waals surface area contributed by atoms with Gasteiger partial charge in [0.2, 0.25) is 0 Å². The Morgan fingerprint density at radius 2 is 1.56 bits per heavy atom. The average Bonchev–Trinajstić information content (AvgIpc) is 2.85. The molecule has 2 amide bonds. The lowest BCUT2D eigenvalue weighted by Gasteiger charge is -2.22. The molecule has 0 aromatic heterocycles. The van der Waals surface area contributed by atoms with Crippen molar-refractivity contribution >= 4 is 23.5 Å². The van der Waals surface area contributed by atoms with Crippen LogP contribution in [0.1, 0.15) is 39.1 Å². The average molecular weight is 338 g/mol. The fraction of sp³-hybridized carbons (Fsp3) is 0.211. The van der Waals surface area contributed by atoms with Crippen LogP contribution in [0, 0.1) is 0 Å². The zero-order valence-corrected chi connectivity index (χ0v) is 13.5. The second-order valence-corrected chi connectivity index (χ2v) is 5.97. The molecule has 2 aromatic carbocycles. The number of hydrogen-bond donors (Lipinski definition) is 2. The molecule has 0 radical (unpaired) electrons. The SMILES string of the molecule is Nc1ccccc1CCCC(C(=O)O)N1C(=O)c2ccccc2C1=O. The van der Waals surface area contributed by atoms with Crippen molar-refractivity contribution in [2.75, 3.05) is 5.73 Å². The molecule has 128 valence electrons. The molecule has 25 heavy (non-hydrogen) atoms. The van der Waals surface area contributed by atoms with Crippen molar-refractivity contribution in [3.63, 3.8) is 0 Å². The predicted molar refractivity (Wildman–Crippen MR) is 92.2 cm³/mol. The van der Waals surface area contributed by atoms with Gasteiger partial charge in [-0.1, -0.05) is 30.3 Å². The topological polar surface area (TPSA) is 101 Å². The molecule has 3 N–H and O–H groups in total. The number of nitrogens with zero attached hydrogens (tertiary/aromatic N) is 1. The number of carboxylic acids is 1. The Morgan fingerprint density at radius 1 is 1.00 bits per heavy atom. The van der Waals surface area contributed by atoms with Crippen LogP contribution in [0.5, 0.6) is 0 Å². The van der Waals surface area contributed by atoms with Gasteiger partial charge in [-0.25, -0.2) is 4.79 Å². The Labute approximate surface area is 144 Å². The van der Waals surface area contributed by atoms with E-state index in [1.165, 1.54) is 0 Å². The zero-order valence-electron chi connectivity index (χ0n) is 13.5. The number of carbonyl (C=O) groups is 3. The maximum Gasteiger partial charge on any atom is 0.326 e. The van der Waals surface area contributed by atoms with Gasteiger partial charge in [0.15, 0.2) is 0 Å². The van der Waals surface area contributed by atoms with Crippen molar-refractivity contribution in [3.8, 4) is 0 Å². The minimum absolute atomic E-state index is 0.176. The summed E-state index contributed by atoms with van der Waals surface area (Å²) in [6, 6.07) is 12.6. The predicted octanol–water partition coefficient (Wildman–Crippen LogP) is 2.34. The molecule has 0 spiro atoms. The number of amides is 2. The molecular weight excluding hydrogens is 320 g/mol. The normalized spacial score (nSPS) is 14.5. The van der Waals surface area contributed by atoms with Crippen molar-refractivity contribution in [1.82, 2.24) is 4.90 Å². The fourth-order valence-electron chi connectivity index (χ4n) is 3.10. The maximum atomic E-state index is 12.5. The number of imide groups is 1. The summed E-state index contributed by atoms with van der Waals surface area (Å²) in [5, 5.41) is 9.53. The summed E-state index contributed by atoms with van der Waals surface area (Å²) in [5.41, 5.74) is 7.97. The Hall–Kier alpha value is -3.15. The number of nitrogen functional groups attached to an aromatic ring is 1. The van der Waals surface area contributed by atoms with E-state index in [4.69, 9.17) is 5.73 Å². The molecule has 0 saturated carbocycles. The molecule has 0 aliphatic carbocycles. The highest BCUT2D eigenvalue weighted by molar-refractivity contribution is 6.22. The largest absolute Gasteiger partial charge is 0.480 e. The molecule has 1 heterocycles. The summed E-state index contributed by atoms with van der Waals surface area (Å²) in [6.07, 6.45) is 1.26. The number of aryl methyl sites for hydroxylation is 1. The number of benzene rings is 2. The Kier molecular flexibility index (Phi) is 4.52. The second-order valence-electron chi connectivity index (χ2n) is 5.97. The summed E-state index contributed by atoms with van der Waals surface area (Å²) in [6.45, 7) is 0. The first-order chi connectivity index (χ1) is 12.0. The first kappa shape index (κ1) is 16.7. The van der Waals surface area contributed by atoms with Gasteiger partial charge >= 0.3 is 5.97 Å². The molecule has 1 atom stereocenters. The van der Waals surface area contributed by atoms with E-state index in [1.54, 1.807) is 30.3 Å². The molecule has 3 rings (SSSR count). The highest BCUT2D eigenvalue weighted by atomic mass is 16.4. The third kappa shape index (κ3) is 3.10. The van der Waals surface area contributed by atoms with E-state index in [0.717, 1.165) is 10.5 Å². The number of hydrogen-bond acceptors (Lipinski definition) is 4. The fourth-order valence-corrected chi connectivity index (χ4v) is 3.10. The first-order valence-electron chi connectivity index (χ1n) is 8.04. The molecule has 6 nitrogen and oxygen atoms in total. The molecule has 1 aliphatic rings. The smallest absolute Gasteiger partial charge is 0.326 e. The first-order valence-corrected chi connectivity index (χ1v) is 8.04. The van der Waals surface area contributed by atoms with Crippen molar-refractivity contribution in [1.29, 1.82) is 0 Å². The third-order valence-corrected chi connectivity index (χ3v) is 4.40. The van der Waals surface area contributed by atoms with Gasteiger partial charge in [0.1, 0.15) is 6.04 Å². The van der Waals surface area contributed by atoms with E-state index in [9.17, 15) is 19.5 Å². The standard InChI is InChI=1S/C19H18N2O4/c20-15-10-4-1-6-12(15)7-5-11-16(19(24)25)21-17(22)13-8-2-3-9-14(13)18(21)23/h1-4,6,8-10,16H,5,7,11,20H2,(H,24,25). The van der Waals surface area contributed by atoms with Crippen molar-refractivity contribution in [2.24, 2.45) is 0 Å². The van der Waals surface area contributed by atoms with Crippen molar-refractivity contribution < 1.29 is 19.5 Å². The van der Waals surface area contributed by atoms with E-state index < -0.39 is 23.8 Å². The van der Waals surface area contributed by atoms with Gasteiger partial charge in [-0.05, 0) is 43.0 Å². The van der Waals surface area contributed by atoms with Crippen LogP contribution in [0.15, 0.2) is 48.5 Å². The number of carboxylic acid groups (broad SMARTS) is 1. The zero-order chi connectivity index (χ0) is 18.0. The van der Waals surface area contributed by atoms with Gasteiger partial charge < -0.3 is 10.8 Å². The lowest BCUT2D eigenvalue weighted by atomic mass is 10.0. The van der Waals surface area contributed by atoms with E-state index in [-0.39, 0.29) is 17.5 Å². The van der Waals surface area contributed by atoms with Crippen LogP contribution in [-0.2, 0) is 11.2 Å². The number of rotatable bonds is 6. The summed E-state index contributed by atoms with van der Waals surface area (Å²) < 4.78 is 0. The molecule has 6 heteroatoms. The number of para-hydroxylation sites is 1. The molecule has 0 saturated heterocycles. The lowest BCUT2D eigenvalue weighted by molar-refractivity contribution is -0.141. The minimum Gasteiger partial charge on any atom is -0.480 e. The van der Waals surface area contributed by atoms with Crippen LogP contribution in [-0.4, -0.2) is 33.8 Å². The summed E-state index contributed by atoms with van der Waals surface area (Å²) in [5.74, 6) is -2.28. The Bertz CT molecular complexity index is 812. The van der Waals surface area contributed by atoms with Crippen molar-refractivity contribution in [3.05, 3.63) is 65.2 Å². The van der Waals surface area contributed by atoms with Gasteiger partial charge in [-0.3, -0.25) is 14.5 Å². The monoisotopic (exact) mass is 338 g/mol. The minimum atomic E-state index is -1.18. The van der Waals surface area contributed by atoms with Crippen LogP contribution in [0.4, 0.5) is 5.69 Å². The highest BCUT2D eigenvalue weighted by Crippen LogP contribution is 2.26. The van der Waals surface area contributed by atoms with E-state index in [0.29, 0.717) is 18.5 Å². The molecule has 1 aliphatic heterocycles. The number of aliphatic carboxylic acids is 1. The second kappa shape index (κ2) is 6.76. The number of fused-ring (bicyclic) bond motifs is 1. The van der Waals surface area contributed by atoms with Crippen molar-refractivity contribution in [2.45, 2.75) is 25.3 Å². The molecule has 2 aromatic rings. The van der Waals surface area contributed by atoms with Gasteiger partial charge in [0.05, 0.1) is 11.1 Å². The summed E-state index contributed by atoms with van der Waals surface area (Å²) in [4.78, 5) is 37.5. The molecule has 0 fully saturated rings. The van der Waals surface area contributed by atoms with E-state index in [1.807, 2.05) is 18.2 Å². The lowest BCUT2D eigenvalue weighted by Crippen LogP contribution is -2.44. The van der Waals surface area contributed by atoms with Crippen LogP contribution in [0.25, 0.3) is 0 Å². The van der Waals surface area contributed by atoms with Gasteiger partial charge in [-0.15, -0.1) is 0 Å².